The standard InChI is InChI=1S/C17H28O7S2/c1-5-21-13-10-17(14(18)22-6-2,15(19)23-7-3)9-12(13)11-25-16(20)26-24-8-4/h12-13H,5-11H2,1-4H3. The molecule has 1 saturated carbocycles. The van der Waals surface area contributed by atoms with Crippen LogP contribution in [0.1, 0.15) is 40.5 Å². The summed E-state index contributed by atoms with van der Waals surface area (Å²) in [5.41, 5.74) is -1.37. The first-order valence-electron chi connectivity index (χ1n) is 8.87. The average Bonchev–Trinajstić information content (AvgIpc) is 2.99. The maximum atomic E-state index is 12.6. The van der Waals surface area contributed by atoms with Gasteiger partial charge in [0.1, 0.15) is 0 Å². The van der Waals surface area contributed by atoms with E-state index in [1.807, 2.05) is 6.92 Å². The van der Waals surface area contributed by atoms with Crippen LogP contribution in [0.3, 0.4) is 0 Å². The van der Waals surface area contributed by atoms with Crippen molar-refractivity contribution in [2.75, 3.05) is 32.2 Å². The molecule has 0 aromatic rings. The second kappa shape index (κ2) is 11.8. The van der Waals surface area contributed by atoms with Gasteiger partial charge < -0.3 is 18.4 Å². The topological polar surface area (TPSA) is 88.1 Å². The smallest absolute Gasteiger partial charge is 0.323 e. The van der Waals surface area contributed by atoms with Crippen molar-refractivity contribution in [1.82, 2.24) is 0 Å². The molecule has 0 radical (unpaired) electrons. The predicted molar refractivity (Wildman–Crippen MR) is 101 cm³/mol. The molecule has 2 atom stereocenters. The summed E-state index contributed by atoms with van der Waals surface area (Å²) in [6.45, 7) is 8.32. The third kappa shape index (κ3) is 6.14. The molecule has 1 aliphatic carbocycles. The van der Waals surface area contributed by atoms with Crippen LogP contribution >= 0.6 is 23.8 Å². The highest BCUT2D eigenvalue weighted by Crippen LogP contribution is 2.47. The van der Waals surface area contributed by atoms with Gasteiger partial charge in [-0.25, -0.2) is 0 Å². The van der Waals surface area contributed by atoms with Crippen LogP contribution < -0.4 is 0 Å². The molecule has 1 fully saturated rings. The summed E-state index contributed by atoms with van der Waals surface area (Å²) in [5.74, 6) is -0.860. The van der Waals surface area contributed by atoms with Crippen LogP contribution in [0.15, 0.2) is 0 Å². The van der Waals surface area contributed by atoms with E-state index in [4.69, 9.17) is 18.4 Å². The molecule has 0 heterocycles. The summed E-state index contributed by atoms with van der Waals surface area (Å²) in [4.78, 5) is 37.0. The van der Waals surface area contributed by atoms with Gasteiger partial charge in [-0.2, -0.15) is 0 Å². The molecule has 0 aromatic heterocycles. The molecule has 2 unspecified atom stereocenters. The largest absolute Gasteiger partial charge is 0.465 e. The third-order valence-corrected chi connectivity index (χ3v) is 5.94. The van der Waals surface area contributed by atoms with Gasteiger partial charge in [0, 0.05) is 18.8 Å². The minimum atomic E-state index is -1.37. The maximum Gasteiger partial charge on any atom is 0.323 e. The summed E-state index contributed by atoms with van der Waals surface area (Å²) in [6, 6.07) is 0. The summed E-state index contributed by atoms with van der Waals surface area (Å²) in [5, 5.41) is 0. The third-order valence-electron chi connectivity index (χ3n) is 4.06. The molecule has 0 N–H and O–H groups in total. The first-order valence-corrected chi connectivity index (χ1v) is 10.6. The quantitative estimate of drug-likeness (QED) is 0.306. The summed E-state index contributed by atoms with van der Waals surface area (Å²) >= 11 is 1.91. The SMILES string of the molecule is CCOSC(=O)SCC1CC(C(=O)OCC)(C(=O)OCC)CC1OCC. The Kier molecular flexibility index (Phi) is 10.6. The van der Waals surface area contributed by atoms with Crippen LogP contribution in [0.25, 0.3) is 0 Å². The van der Waals surface area contributed by atoms with Gasteiger partial charge in [-0.05, 0) is 40.0 Å². The lowest BCUT2D eigenvalue weighted by Gasteiger charge is -2.24. The van der Waals surface area contributed by atoms with Gasteiger partial charge in [0.25, 0.3) is 4.45 Å². The van der Waals surface area contributed by atoms with Crippen LogP contribution in [0.4, 0.5) is 4.79 Å². The highest BCUT2D eigenvalue weighted by Gasteiger charge is 2.58. The maximum absolute atomic E-state index is 12.6. The molecule has 9 heteroatoms. The average molecular weight is 409 g/mol. The van der Waals surface area contributed by atoms with E-state index >= 15 is 0 Å². The summed E-state index contributed by atoms with van der Waals surface area (Å²) in [6.07, 6.45) is 0.136. The molecule has 150 valence electrons. The van der Waals surface area contributed by atoms with Crippen molar-refractivity contribution in [3.05, 3.63) is 0 Å². The van der Waals surface area contributed by atoms with E-state index in [1.165, 1.54) is 0 Å². The van der Waals surface area contributed by atoms with Gasteiger partial charge in [0.2, 0.25) is 0 Å². The number of esters is 2. The second-order valence-corrected chi connectivity index (χ2v) is 7.76. The lowest BCUT2D eigenvalue weighted by Crippen LogP contribution is -2.40. The normalized spacial score (nSPS) is 21.4. The van der Waals surface area contributed by atoms with E-state index in [2.05, 4.69) is 0 Å². The van der Waals surface area contributed by atoms with Crippen molar-refractivity contribution in [3.63, 3.8) is 0 Å². The highest BCUT2D eigenvalue weighted by atomic mass is 32.2. The van der Waals surface area contributed by atoms with Gasteiger partial charge in [0.05, 0.1) is 38.0 Å². The Bertz CT molecular complexity index is 466. The van der Waals surface area contributed by atoms with Crippen LogP contribution in [0.2, 0.25) is 0 Å². The van der Waals surface area contributed by atoms with E-state index in [1.54, 1.807) is 20.8 Å². The van der Waals surface area contributed by atoms with E-state index in [-0.39, 0.29) is 42.5 Å². The number of carbonyl (C=O) groups excluding carboxylic acids is 3. The number of ether oxygens (including phenoxy) is 3. The van der Waals surface area contributed by atoms with E-state index in [0.29, 0.717) is 19.0 Å². The first kappa shape index (κ1) is 23.3. The molecule has 0 saturated heterocycles. The Morgan fingerprint density at radius 2 is 1.54 bits per heavy atom. The minimum Gasteiger partial charge on any atom is -0.465 e. The van der Waals surface area contributed by atoms with Crippen molar-refractivity contribution in [1.29, 1.82) is 0 Å². The van der Waals surface area contributed by atoms with E-state index in [9.17, 15) is 14.4 Å². The van der Waals surface area contributed by atoms with E-state index < -0.39 is 17.4 Å². The fourth-order valence-corrected chi connectivity index (χ4v) is 4.45. The highest BCUT2D eigenvalue weighted by molar-refractivity contribution is 8.36. The molecule has 0 bridgehead atoms. The second-order valence-electron chi connectivity index (χ2n) is 5.74. The monoisotopic (exact) mass is 408 g/mol. The number of hydrogen-bond acceptors (Lipinski definition) is 9. The van der Waals surface area contributed by atoms with Gasteiger partial charge in [-0.3, -0.25) is 14.4 Å². The van der Waals surface area contributed by atoms with Crippen molar-refractivity contribution in [3.8, 4) is 0 Å². The fourth-order valence-electron chi connectivity index (χ4n) is 3.01. The Labute approximate surface area is 163 Å². The van der Waals surface area contributed by atoms with E-state index in [0.717, 1.165) is 23.8 Å². The summed E-state index contributed by atoms with van der Waals surface area (Å²) in [7, 11) is 0. The van der Waals surface area contributed by atoms with Gasteiger partial charge >= 0.3 is 11.9 Å². The molecule has 1 aliphatic rings. The zero-order valence-electron chi connectivity index (χ0n) is 15.8. The molecular formula is C17H28O7S2. The number of rotatable bonds is 10. The lowest BCUT2D eigenvalue weighted by molar-refractivity contribution is -0.172. The fraction of sp³-hybridized carbons (Fsp3) is 0.824. The minimum absolute atomic E-state index is 0.139. The zero-order valence-corrected chi connectivity index (χ0v) is 17.4. The van der Waals surface area contributed by atoms with Crippen molar-refractivity contribution in [2.45, 2.75) is 46.6 Å². The lowest BCUT2D eigenvalue weighted by atomic mass is 9.85. The van der Waals surface area contributed by atoms with Gasteiger partial charge in [-0.15, -0.1) is 0 Å². The molecule has 0 aromatic carbocycles. The Balaban J connectivity index is 2.91. The molecule has 0 aliphatic heterocycles. The van der Waals surface area contributed by atoms with Crippen LogP contribution in [-0.4, -0.2) is 54.7 Å². The molecule has 0 amide bonds. The van der Waals surface area contributed by atoms with Crippen molar-refractivity contribution in [2.24, 2.45) is 11.3 Å². The van der Waals surface area contributed by atoms with Gasteiger partial charge in [-0.1, -0.05) is 11.8 Å². The van der Waals surface area contributed by atoms with Crippen LogP contribution in [0.5, 0.6) is 0 Å². The number of hydrogen-bond donors (Lipinski definition) is 0. The Morgan fingerprint density at radius 1 is 0.923 bits per heavy atom. The van der Waals surface area contributed by atoms with Crippen molar-refractivity contribution >= 4 is 40.2 Å². The zero-order chi connectivity index (χ0) is 19.6. The molecular weight excluding hydrogens is 380 g/mol. The van der Waals surface area contributed by atoms with Crippen LogP contribution in [0, 0.1) is 11.3 Å². The molecule has 1 rings (SSSR count). The first-order chi connectivity index (χ1) is 12.4. The number of carbonyl (C=O) groups is 3. The molecule has 7 nitrogen and oxygen atoms in total. The summed E-state index contributed by atoms with van der Waals surface area (Å²) < 4.78 is 20.9. The Hall–Kier alpha value is -0.770. The number of thioether (sulfide) groups is 1. The van der Waals surface area contributed by atoms with Crippen LogP contribution in [-0.2, 0) is 28.0 Å². The van der Waals surface area contributed by atoms with Gasteiger partial charge in [0.15, 0.2) is 5.41 Å². The van der Waals surface area contributed by atoms with Crippen molar-refractivity contribution < 1.29 is 32.8 Å². The molecule has 0 spiro atoms. The predicted octanol–water partition coefficient (Wildman–Crippen LogP) is 3.45. The Morgan fingerprint density at radius 3 is 2.04 bits per heavy atom. The molecule has 26 heavy (non-hydrogen) atoms.